The third kappa shape index (κ3) is 34.5. The summed E-state index contributed by atoms with van der Waals surface area (Å²) in [4.78, 5) is 12.4. The highest BCUT2D eigenvalue weighted by molar-refractivity contribution is 5.76. The van der Waals surface area contributed by atoms with E-state index in [9.17, 15) is 15.0 Å². The highest BCUT2D eigenvalue weighted by Crippen LogP contribution is 2.15. The number of amides is 1. The molecule has 0 fully saturated rings. The second kappa shape index (κ2) is 38.6. The van der Waals surface area contributed by atoms with E-state index in [0.717, 1.165) is 25.7 Å². The van der Waals surface area contributed by atoms with E-state index in [1.165, 1.54) is 180 Å². The maximum Gasteiger partial charge on any atom is 0.220 e. The molecule has 46 heavy (non-hydrogen) atoms. The van der Waals surface area contributed by atoms with Gasteiger partial charge in [0.05, 0.1) is 18.8 Å². The fourth-order valence-electron chi connectivity index (χ4n) is 6.53. The number of hydrogen-bond acceptors (Lipinski definition) is 3. The van der Waals surface area contributed by atoms with Crippen LogP contribution in [0.15, 0.2) is 12.2 Å². The van der Waals surface area contributed by atoms with Gasteiger partial charge < -0.3 is 15.5 Å². The summed E-state index contributed by atoms with van der Waals surface area (Å²) in [6.07, 6.45) is 47.1. The standard InChI is InChI=1S/C42H83NO3/c1-3-5-7-9-11-13-15-17-19-20-21-22-23-24-26-28-30-32-34-36-38-42(46)43-40(39-44)41(45)37-35-33-31-29-27-25-18-16-14-12-10-8-6-4-2/h21-22,40-41,44-45H,3-20,23-39H2,1-2H3,(H,43,46)/b22-21-. The van der Waals surface area contributed by atoms with Crippen molar-refractivity contribution >= 4 is 5.91 Å². The fraction of sp³-hybridized carbons (Fsp3) is 0.929. The number of aliphatic hydroxyl groups is 2. The highest BCUT2D eigenvalue weighted by Gasteiger charge is 2.19. The molecule has 3 N–H and O–H groups in total. The topological polar surface area (TPSA) is 69.6 Å². The van der Waals surface area contributed by atoms with Gasteiger partial charge in [0, 0.05) is 6.42 Å². The molecule has 0 aromatic heterocycles. The highest BCUT2D eigenvalue weighted by atomic mass is 16.3. The maximum absolute atomic E-state index is 12.4. The van der Waals surface area contributed by atoms with Crippen molar-refractivity contribution in [2.24, 2.45) is 0 Å². The van der Waals surface area contributed by atoms with Crippen LogP contribution in [0.5, 0.6) is 0 Å². The second-order valence-electron chi connectivity index (χ2n) is 14.4. The molecule has 0 radical (unpaired) electrons. The number of hydrogen-bond donors (Lipinski definition) is 3. The number of nitrogens with one attached hydrogen (secondary N) is 1. The van der Waals surface area contributed by atoms with Crippen molar-refractivity contribution in [3.05, 3.63) is 12.2 Å². The first-order valence-electron chi connectivity index (χ1n) is 20.9. The van der Waals surface area contributed by atoms with Gasteiger partial charge in [-0.3, -0.25) is 4.79 Å². The van der Waals surface area contributed by atoms with Crippen LogP contribution < -0.4 is 5.32 Å². The van der Waals surface area contributed by atoms with Crippen molar-refractivity contribution in [3.8, 4) is 0 Å². The number of carbonyl (C=O) groups excluding carboxylic acids is 1. The number of aliphatic hydroxyl groups excluding tert-OH is 2. The summed E-state index contributed by atoms with van der Waals surface area (Å²) < 4.78 is 0. The predicted octanol–water partition coefficient (Wildman–Crippen LogP) is 12.7. The number of carbonyl (C=O) groups is 1. The summed E-state index contributed by atoms with van der Waals surface area (Å²) in [5, 5.41) is 23.1. The lowest BCUT2D eigenvalue weighted by atomic mass is 10.0. The molecule has 2 unspecified atom stereocenters. The van der Waals surface area contributed by atoms with E-state index in [2.05, 4.69) is 31.3 Å². The fourth-order valence-corrected chi connectivity index (χ4v) is 6.53. The Kier molecular flexibility index (Phi) is 37.8. The summed E-state index contributed by atoms with van der Waals surface area (Å²) in [5.74, 6) is -0.0340. The van der Waals surface area contributed by atoms with E-state index in [0.29, 0.717) is 12.8 Å². The molecule has 4 heteroatoms. The Balaban J connectivity index is 3.51. The van der Waals surface area contributed by atoms with Gasteiger partial charge in [0.2, 0.25) is 5.91 Å². The van der Waals surface area contributed by atoms with Gasteiger partial charge >= 0.3 is 0 Å². The average Bonchev–Trinajstić information content (AvgIpc) is 3.06. The lowest BCUT2D eigenvalue weighted by Gasteiger charge is -2.22. The van der Waals surface area contributed by atoms with Crippen molar-refractivity contribution in [2.75, 3.05) is 6.61 Å². The molecule has 0 rings (SSSR count). The van der Waals surface area contributed by atoms with Crippen LogP contribution in [-0.4, -0.2) is 34.9 Å². The minimum absolute atomic E-state index is 0.0340. The minimum Gasteiger partial charge on any atom is -0.394 e. The molecule has 0 aliphatic heterocycles. The molecule has 0 aliphatic carbocycles. The molecule has 1 amide bonds. The lowest BCUT2D eigenvalue weighted by Crippen LogP contribution is -2.45. The van der Waals surface area contributed by atoms with Gasteiger partial charge in [-0.15, -0.1) is 0 Å². The molecule has 0 aliphatic rings. The zero-order valence-electron chi connectivity index (χ0n) is 31.4. The van der Waals surface area contributed by atoms with Crippen LogP contribution in [0.2, 0.25) is 0 Å². The summed E-state index contributed by atoms with van der Waals surface area (Å²) in [6, 6.07) is -0.534. The van der Waals surface area contributed by atoms with Crippen LogP contribution in [0.25, 0.3) is 0 Å². The third-order valence-corrected chi connectivity index (χ3v) is 9.78. The van der Waals surface area contributed by atoms with Crippen LogP contribution in [0, 0.1) is 0 Å². The van der Waals surface area contributed by atoms with Crippen molar-refractivity contribution in [3.63, 3.8) is 0 Å². The van der Waals surface area contributed by atoms with Crippen LogP contribution in [0.4, 0.5) is 0 Å². The first-order valence-corrected chi connectivity index (χ1v) is 20.9. The molecule has 0 saturated heterocycles. The minimum atomic E-state index is -0.656. The Labute approximate surface area is 288 Å². The summed E-state index contributed by atoms with van der Waals surface area (Å²) in [5.41, 5.74) is 0. The third-order valence-electron chi connectivity index (χ3n) is 9.78. The molecular weight excluding hydrogens is 566 g/mol. The second-order valence-corrected chi connectivity index (χ2v) is 14.4. The molecule has 4 nitrogen and oxygen atoms in total. The summed E-state index contributed by atoms with van der Waals surface area (Å²) in [6.45, 7) is 4.36. The monoisotopic (exact) mass is 650 g/mol. The molecule has 0 aromatic carbocycles. The van der Waals surface area contributed by atoms with Gasteiger partial charge in [-0.2, -0.15) is 0 Å². The zero-order chi connectivity index (χ0) is 33.6. The van der Waals surface area contributed by atoms with Gasteiger partial charge in [0.15, 0.2) is 0 Å². The Morgan fingerprint density at radius 1 is 0.500 bits per heavy atom. The first-order chi connectivity index (χ1) is 22.7. The van der Waals surface area contributed by atoms with E-state index >= 15 is 0 Å². The Hall–Kier alpha value is -0.870. The van der Waals surface area contributed by atoms with Gasteiger partial charge in [-0.05, 0) is 38.5 Å². The summed E-state index contributed by atoms with van der Waals surface area (Å²) in [7, 11) is 0. The number of allylic oxidation sites excluding steroid dienone is 2. The van der Waals surface area contributed by atoms with E-state index in [1.54, 1.807) is 0 Å². The zero-order valence-corrected chi connectivity index (χ0v) is 31.4. The average molecular weight is 650 g/mol. The van der Waals surface area contributed by atoms with Crippen LogP contribution in [-0.2, 0) is 4.79 Å². The van der Waals surface area contributed by atoms with Crippen molar-refractivity contribution in [1.29, 1.82) is 0 Å². The Morgan fingerprint density at radius 2 is 0.826 bits per heavy atom. The number of unbranched alkanes of at least 4 members (excludes halogenated alkanes) is 29. The molecule has 2 atom stereocenters. The summed E-state index contributed by atoms with van der Waals surface area (Å²) >= 11 is 0. The molecule has 0 bridgehead atoms. The van der Waals surface area contributed by atoms with Crippen molar-refractivity contribution in [2.45, 2.75) is 244 Å². The molecule has 0 spiro atoms. The molecular formula is C42H83NO3. The van der Waals surface area contributed by atoms with Crippen LogP contribution in [0.3, 0.4) is 0 Å². The number of rotatable bonds is 38. The molecule has 0 saturated carbocycles. The first kappa shape index (κ1) is 45.1. The smallest absolute Gasteiger partial charge is 0.220 e. The maximum atomic E-state index is 12.4. The van der Waals surface area contributed by atoms with Gasteiger partial charge in [0.25, 0.3) is 0 Å². The van der Waals surface area contributed by atoms with Gasteiger partial charge in [-0.1, -0.05) is 199 Å². The molecule has 0 aromatic rings. The van der Waals surface area contributed by atoms with E-state index in [4.69, 9.17) is 0 Å². The van der Waals surface area contributed by atoms with Crippen molar-refractivity contribution < 1.29 is 15.0 Å². The molecule has 274 valence electrons. The van der Waals surface area contributed by atoms with Crippen LogP contribution >= 0.6 is 0 Å². The quantitative estimate of drug-likeness (QED) is 0.0460. The largest absolute Gasteiger partial charge is 0.394 e. The molecule has 0 heterocycles. The predicted molar refractivity (Wildman–Crippen MR) is 202 cm³/mol. The Morgan fingerprint density at radius 3 is 1.20 bits per heavy atom. The van der Waals surface area contributed by atoms with E-state index in [1.807, 2.05) is 0 Å². The van der Waals surface area contributed by atoms with E-state index in [-0.39, 0.29) is 12.5 Å². The van der Waals surface area contributed by atoms with Crippen LogP contribution in [0.1, 0.15) is 232 Å². The lowest BCUT2D eigenvalue weighted by molar-refractivity contribution is -0.123. The van der Waals surface area contributed by atoms with Gasteiger partial charge in [-0.25, -0.2) is 0 Å². The van der Waals surface area contributed by atoms with Crippen molar-refractivity contribution in [1.82, 2.24) is 5.32 Å². The van der Waals surface area contributed by atoms with E-state index < -0.39 is 12.1 Å². The van der Waals surface area contributed by atoms with Gasteiger partial charge in [0.1, 0.15) is 0 Å². The SMILES string of the molecule is CCCCCCCCCCC/C=C\CCCCCCCCCC(=O)NC(CO)C(O)CCCCCCCCCCCCCCCC. The normalized spacial score (nSPS) is 13.0. The Bertz CT molecular complexity index is 622.